The standard InChI is InChI=1S/C17H19N5O.ClH/c1-9-5-12(11(3)18)14-13(6-9)17(23)22(4)16(21-14)15-19-7-10(2)8-20-15;/h5-8,11H,18H2,1-4H3;1H/t11-;/m1./s1. The predicted octanol–water partition coefficient (Wildman–Crippen LogP) is 2.45. The zero-order chi connectivity index (χ0) is 16.7. The molecule has 0 aliphatic rings. The molecule has 2 N–H and O–H groups in total. The molecule has 2 aromatic heterocycles. The van der Waals surface area contributed by atoms with Gasteiger partial charge in [-0.2, -0.15) is 0 Å². The van der Waals surface area contributed by atoms with Crippen molar-refractivity contribution in [3.05, 3.63) is 51.6 Å². The van der Waals surface area contributed by atoms with Crippen LogP contribution in [0.4, 0.5) is 0 Å². The van der Waals surface area contributed by atoms with Gasteiger partial charge in [0.1, 0.15) is 0 Å². The van der Waals surface area contributed by atoms with E-state index < -0.39 is 0 Å². The van der Waals surface area contributed by atoms with E-state index in [4.69, 9.17) is 5.73 Å². The summed E-state index contributed by atoms with van der Waals surface area (Å²) in [5.41, 5.74) is 9.35. The summed E-state index contributed by atoms with van der Waals surface area (Å²) >= 11 is 0. The number of aromatic nitrogens is 4. The van der Waals surface area contributed by atoms with Crippen LogP contribution in [0.2, 0.25) is 0 Å². The van der Waals surface area contributed by atoms with E-state index >= 15 is 0 Å². The molecule has 1 aromatic carbocycles. The number of rotatable bonds is 2. The highest BCUT2D eigenvalue weighted by Gasteiger charge is 2.16. The number of aryl methyl sites for hydroxylation is 2. The molecule has 0 amide bonds. The van der Waals surface area contributed by atoms with Crippen LogP contribution in [0.5, 0.6) is 0 Å². The first-order valence-corrected chi connectivity index (χ1v) is 7.44. The summed E-state index contributed by atoms with van der Waals surface area (Å²) in [6.07, 6.45) is 3.42. The van der Waals surface area contributed by atoms with Gasteiger partial charge >= 0.3 is 0 Å². The molecule has 0 aliphatic carbocycles. The fourth-order valence-corrected chi connectivity index (χ4v) is 2.61. The Balaban J connectivity index is 0.00000208. The number of hydrogen-bond donors (Lipinski definition) is 1. The second-order valence-corrected chi connectivity index (χ2v) is 5.92. The quantitative estimate of drug-likeness (QED) is 0.770. The molecule has 0 saturated carbocycles. The summed E-state index contributed by atoms with van der Waals surface area (Å²) < 4.78 is 1.48. The van der Waals surface area contributed by atoms with Crippen molar-refractivity contribution in [2.75, 3.05) is 0 Å². The highest BCUT2D eigenvalue weighted by molar-refractivity contribution is 5.85. The summed E-state index contributed by atoms with van der Waals surface area (Å²) in [5.74, 6) is 0.863. The first-order chi connectivity index (χ1) is 10.9. The third-order valence-electron chi connectivity index (χ3n) is 3.83. The Morgan fingerprint density at radius 2 is 1.75 bits per heavy atom. The molecular formula is C17H20ClN5O. The van der Waals surface area contributed by atoms with Crippen LogP contribution in [-0.4, -0.2) is 19.5 Å². The molecule has 0 aliphatic heterocycles. The SMILES string of the molecule is Cc1cnc(-c2nc3c([C@@H](C)N)cc(C)cc3c(=O)n2C)nc1.Cl. The lowest BCUT2D eigenvalue weighted by molar-refractivity contribution is 0.810. The van der Waals surface area contributed by atoms with Crippen molar-refractivity contribution in [2.24, 2.45) is 12.8 Å². The molecular weight excluding hydrogens is 326 g/mol. The van der Waals surface area contributed by atoms with E-state index in [9.17, 15) is 4.79 Å². The van der Waals surface area contributed by atoms with Crippen molar-refractivity contribution in [3.8, 4) is 11.6 Å². The Bertz CT molecular complexity index is 948. The molecule has 24 heavy (non-hydrogen) atoms. The average molecular weight is 346 g/mol. The number of hydrogen-bond acceptors (Lipinski definition) is 5. The maximum atomic E-state index is 12.7. The predicted molar refractivity (Wildman–Crippen MR) is 97.3 cm³/mol. The van der Waals surface area contributed by atoms with E-state index in [-0.39, 0.29) is 24.0 Å². The van der Waals surface area contributed by atoms with Crippen LogP contribution in [0.15, 0.2) is 29.3 Å². The van der Waals surface area contributed by atoms with E-state index in [1.807, 2.05) is 32.9 Å². The van der Waals surface area contributed by atoms with Gasteiger partial charge in [-0.3, -0.25) is 9.36 Å². The lowest BCUT2D eigenvalue weighted by Gasteiger charge is -2.14. The third-order valence-corrected chi connectivity index (χ3v) is 3.83. The molecule has 2 heterocycles. The van der Waals surface area contributed by atoms with Crippen molar-refractivity contribution >= 4 is 23.3 Å². The van der Waals surface area contributed by atoms with Crippen LogP contribution in [0, 0.1) is 13.8 Å². The minimum absolute atomic E-state index is 0. The van der Waals surface area contributed by atoms with Crippen molar-refractivity contribution in [1.29, 1.82) is 0 Å². The summed E-state index contributed by atoms with van der Waals surface area (Å²) in [4.78, 5) is 26.0. The van der Waals surface area contributed by atoms with Gasteiger partial charge in [0.2, 0.25) is 0 Å². The van der Waals surface area contributed by atoms with Gasteiger partial charge in [0.05, 0.1) is 10.9 Å². The smallest absolute Gasteiger partial charge is 0.261 e. The normalized spacial score (nSPS) is 12.0. The second kappa shape index (κ2) is 6.67. The number of nitrogens with two attached hydrogens (primary N) is 1. The Kier molecular flexibility index (Phi) is 5.01. The highest BCUT2D eigenvalue weighted by atomic mass is 35.5. The van der Waals surface area contributed by atoms with Crippen LogP contribution < -0.4 is 11.3 Å². The molecule has 0 spiro atoms. The van der Waals surface area contributed by atoms with Crippen molar-refractivity contribution in [1.82, 2.24) is 19.5 Å². The first-order valence-electron chi connectivity index (χ1n) is 7.44. The molecule has 3 rings (SSSR count). The Hall–Kier alpha value is -2.31. The lowest BCUT2D eigenvalue weighted by Crippen LogP contribution is -2.22. The van der Waals surface area contributed by atoms with Gasteiger partial charge in [-0.1, -0.05) is 6.07 Å². The minimum atomic E-state index is -0.219. The zero-order valence-electron chi connectivity index (χ0n) is 14.1. The van der Waals surface area contributed by atoms with Gasteiger partial charge in [0.25, 0.3) is 5.56 Å². The lowest BCUT2D eigenvalue weighted by atomic mass is 10.0. The average Bonchev–Trinajstić information content (AvgIpc) is 2.51. The van der Waals surface area contributed by atoms with Crippen LogP contribution in [0.1, 0.15) is 29.7 Å². The van der Waals surface area contributed by atoms with E-state index in [2.05, 4.69) is 15.0 Å². The van der Waals surface area contributed by atoms with Crippen molar-refractivity contribution < 1.29 is 0 Å². The fourth-order valence-electron chi connectivity index (χ4n) is 2.61. The maximum absolute atomic E-state index is 12.7. The molecule has 126 valence electrons. The van der Waals surface area contributed by atoms with Crippen LogP contribution in [0.3, 0.4) is 0 Å². The van der Waals surface area contributed by atoms with E-state index in [1.165, 1.54) is 4.57 Å². The fraction of sp³-hybridized carbons (Fsp3) is 0.294. The number of fused-ring (bicyclic) bond motifs is 1. The molecule has 0 bridgehead atoms. The van der Waals surface area contributed by atoms with Gasteiger partial charge < -0.3 is 5.73 Å². The van der Waals surface area contributed by atoms with Gasteiger partial charge in [0, 0.05) is 25.5 Å². The van der Waals surface area contributed by atoms with E-state index in [0.29, 0.717) is 22.6 Å². The van der Waals surface area contributed by atoms with E-state index in [0.717, 1.165) is 16.7 Å². The van der Waals surface area contributed by atoms with Gasteiger partial charge in [-0.05, 0) is 43.5 Å². The van der Waals surface area contributed by atoms with Crippen molar-refractivity contribution in [2.45, 2.75) is 26.8 Å². The molecule has 0 radical (unpaired) electrons. The largest absolute Gasteiger partial charge is 0.324 e. The number of nitrogens with zero attached hydrogens (tertiary/aromatic N) is 4. The Morgan fingerprint density at radius 3 is 2.33 bits per heavy atom. The number of benzene rings is 1. The summed E-state index contributed by atoms with van der Waals surface area (Å²) in [6, 6.07) is 3.60. The van der Waals surface area contributed by atoms with Gasteiger partial charge in [-0.15, -0.1) is 12.4 Å². The van der Waals surface area contributed by atoms with Crippen LogP contribution in [-0.2, 0) is 7.05 Å². The molecule has 0 fully saturated rings. The molecule has 1 atom stereocenters. The third kappa shape index (κ3) is 3.02. The summed E-state index contributed by atoms with van der Waals surface area (Å²) in [6.45, 7) is 5.74. The zero-order valence-corrected chi connectivity index (χ0v) is 14.9. The van der Waals surface area contributed by atoms with Crippen LogP contribution >= 0.6 is 12.4 Å². The molecule has 0 saturated heterocycles. The van der Waals surface area contributed by atoms with Gasteiger partial charge in [0.15, 0.2) is 11.6 Å². The van der Waals surface area contributed by atoms with Gasteiger partial charge in [-0.25, -0.2) is 15.0 Å². The van der Waals surface area contributed by atoms with Crippen molar-refractivity contribution in [3.63, 3.8) is 0 Å². The Labute approximate surface area is 146 Å². The maximum Gasteiger partial charge on any atom is 0.261 e. The molecule has 6 nitrogen and oxygen atoms in total. The van der Waals surface area contributed by atoms with Crippen LogP contribution in [0.25, 0.3) is 22.6 Å². The number of halogens is 1. The molecule has 7 heteroatoms. The summed E-state index contributed by atoms with van der Waals surface area (Å²) in [7, 11) is 1.68. The Morgan fingerprint density at radius 1 is 1.12 bits per heavy atom. The summed E-state index contributed by atoms with van der Waals surface area (Å²) in [5, 5.41) is 0.565. The van der Waals surface area contributed by atoms with E-state index in [1.54, 1.807) is 19.4 Å². The topological polar surface area (TPSA) is 86.7 Å². The second-order valence-electron chi connectivity index (χ2n) is 5.92. The molecule has 0 unspecified atom stereocenters. The minimum Gasteiger partial charge on any atom is -0.324 e. The highest BCUT2D eigenvalue weighted by Crippen LogP contribution is 2.23. The monoisotopic (exact) mass is 345 g/mol. The first kappa shape index (κ1) is 18.0. The molecule has 3 aromatic rings.